The fourth-order valence-electron chi connectivity index (χ4n) is 2.47. The summed E-state index contributed by atoms with van der Waals surface area (Å²) >= 11 is 4.09. The van der Waals surface area contributed by atoms with Gasteiger partial charge in [-0.1, -0.05) is 18.2 Å². The summed E-state index contributed by atoms with van der Waals surface area (Å²) < 4.78 is 2.11. The lowest BCUT2D eigenvalue weighted by molar-refractivity contribution is -0.120. The number of para-hydroxylation sites is 1. The molecular weight excluding hydrogens is 296 g/mol. The fraction of sp³-hybridized carbons (Fsp3) is 0.438. The first-order chi connectivity index (χ1) is 10.8. The highest BCUT2D eigenvalue weighted by molar-refractivity contribution is 7.80. The third-order valence-electron chi connectivity index (χ3n) is 3.72. The van der Waals surface area contributed by atoms with Gasteiger partial charge in [0.05, 0.1) is 0 Å². The number of aromatic nitrogens is 3. The van der Waals surface area contributed by atoms with Gasteiger partial charge in [0.1, 0.15) is 11.6 Å². The van der Waals surface area contributed by atoms with Gasteiger partial charge in [0.15, 0.2) is 0 Å². The summed E-state index contributed by atoms with van der Waals surface area (Å²) in [6.45, 7) is 0.598. The van der Waals surface area contributed by atoms with Gasteiger partial charge in [-0.2, -0.15) is 12.6 Å². The minimum absolute atomic E-state index is 0.0321. The quantitative estimate of drug-likeness (QED) is 0.769. The fourth-order valence-corrected chi connectivity index (χ4v) is 2.58. The first-order valence-corrected chi connectivity index (χ1v) is 8.30. The molecular formula is C16H20N4OS. The lowest BCUT2D eigenvalue weighted by Gasteiger charge is -2.10. The molecule has 0 atom stereocenters. The number of benzene rings is 1. The maximum Gasteiger partial charge on any atom is 0.220 e. The molecule has 6 heteroatoms. The van der Waals surface area contributed by atoms with Crippen molar-refractivity contribution in [1.82, 2.24) is 20.1 Å². The summed E-state index contributed by atoms with van der Waals surface area (Å²) in [4.78, 5) is 11.8. The molecule has 2 aromatic rings. The molecule has 1 aromatic carbocycles. The van der Waals surface area contributed by atoms with Crippen LogP contribution in [0.2, 0.25) is 0 Å². The number of rotatable bonds is 7. The molecule has 0 aliphatic heterocycles. The van der Waals surface area contributed by atoms with E-state index in [1.165, 1.54) is 12.8 Å². The largest absolute Gasteiger partial charge is 0.355 e. The van der Waals surface area contributed by atoms with Crippen LogP contribution in [0.4, 0.5) is 0 Å². The van der Waals surface area contributed by atoms with Crippen molar-refractivity contribution in [2.24, 2.45) is 0 Å². The Morgan fingerprint density at radius 1 is 1.27 bits per heavy atom. The molecule has 1 aromatic heterocycles. The van der Waals surface area contributed by atoms with Gasteiger partial charge >= 0.3 is 0 Å². The second kappa shape index (κ2) is 6.96. The van der Waals surface area contributed by atoms with Crippen LogP contribution in [0.1, 0.15) is 36.8 Å². The van der Waals surface area contributed by atoms with Crippen molar-refractivity contribution in [3.8, 4) is 5.69 Å². The number of carbonyl (C=O) groups excluding carboxylic acids is 1. The van der Waals surface area contributed by atoms with E-state index in [0.717, 1.165) is 17.3 Å². The van der Waals surface area contributed by atoms with Crippen LogP contribution in [0.15, 0.2) is 30.3 Å². The Morgan fingerprint density at radius 3 is 2.73 bits per heavy atom. The Labute approximate surface area is 135 Å². The molecule has 22 heavy (non-hydrogen) atoms. The average Bonchev–Trinajstić information content (AvgIpc) is 3.31. The highest BCUT2D eigenvalue weighted by Crippen LogP contribution is 2.40. The molecule has 0 unspecified atom stereocenters. The van der Waals surface area contributed by atoms with Gasteiger partial charge in [0.2, 0.25) is 5.91 Å². The van der Waals surface area contributed by atoms with Crippen molar-refractivity contribution in [3.05, 3.63) is 42.0 Å². The van der Waals surface area contributed by atoms with Gasteiger partial charge in [-0.15, -0.1) is 10.2 Å². The van der Waals surface area contributed by atoms with Crippen molar-refractivity contribution < 1.29 is 4.79 Å². The first kappa shape index (κ1) is 15.1. The summed E-state index contributed by atoms with van der Waals surface area (Å²) in [7, 11) is 0. The number of thiol groups is 1. The van der Waals surface area contributed by atoms with Gasteiger partial charge in [0, 0.05) is 36.7 Å². The topological polar surface area (TPSA) is 59.8 Å². The van der Waals surface area contributed by atoms with E-state index < -0.39 is 0 Å². The van der Waals surface area contributed by atoms with Gasteiger partial charge in [-0.05, 0) is 25.0 Å². The van der Waals surface area contributed by atoms with E-state index in [0.29, 0.717) is 31.1 Å². The molecule has 5 nitrogen and oxygen atoms in total. The highest BCUT2D eigenvalue weighted by atomic mass is 32.1. The zero-order valence-electron chi connectivity index (χ0n) is 12.4. The Bertz CT molecular complexity index is 637. The van der Waals surface area contributed by atoms with E-state index in [9.17, 15) is 4.79 Å². The van der Waals surface area contributed by atoms with Gasteiger partial charge in [-0.3, -0.25) is 9.36 Å². The molecule has 1 fully saturated rings. The third kappa shape index (κ3) is 3.50. The molecule has 3 rings (SSSR count). The zero-order valence-corrected chi connectivity index (χ0v) is 13.3. The van der Waals surface area contributed by atoms with Crippen LogP contribution in [-0.4, -0.2) is 33.0 Å². The number of aryl methyl sites for hydroxylation is 1. The van der Waals surface area contributed by atoms with Crippen LogP contribution < -0.4 is 5.32 Å². The minimum atomic E-state index is 0.0321. The normalized spacial score (nSPS) is 14.0. The Balaban J connectivity index is 1.78. The van der Waals surface area contributed by atoms with Crippen LogP contribution in [-0.2, 0) is 11.2 Å². The maximum atomic E-state index is 11.8. The highest BCUT2D eigenvalue weighted by Gasteiger charge is 2.30. The number of carbonyl (C=O) groups is 1. The Morgan fingerprint density at radius 2 is 2.05 bits per heavy atom. The average molecular weight is 316 g/mol. The Kier molecular flexibility index (Phi) is 4.77. The Hall–Kier alpha value is -1.82. The first-order valence-electron chi connectivity index (χ1n) is 7.66. The van der Waals surface area contributed by atoms with Crippen molar-refractivity contribution in [3.63, 3.8) is 0 Å². The van der Waals surface area contributed by atoms with Gasteiger partial charge in [-0.25, -0.2) is 0 Å². The van der Waals surface area contributed by atoms with Crippen LogP contribution in [0.25, 0.3) is 5.69 Å². The molecule has 1 heterocycles. The molecule has 0 radical (unpaired) electrons. The van der Waals surface area contributed by atoms with Crippen LogP contribution in [0.3, 0.4) is 0 Å². The zero-order chi connectivity index (χ0) is 15.4. The molecule has 0 spiro atoms. The third-order valence-corrected chi connectivity index (χ3v) is 3.95. The standard InChI is InChI=1S/C16H20N4OS/c21-15(17-10-11-22)9-8-14-18-19-16(12-6-7-12)20(14)13-4-2-1-3-5-13/h1-5,12,22H,6-11H2,(H,17,21). The van der Waals surface area contributed by atoms with Crippen molar-refractivity contribution in [2.45, 2.75) is 31.6 Å². The summed E-state index contributed by atoms with van der Waals surface area (Å²) in [5.41, 5.74) is 1.07. The predicted octanol–water partition coefficient (Wildman–Crippen LogP) is 2.12. The van der Waals surface area contributed by atoms with Crippen molar-refractivity contribution in [1.29, 1.82) is 0 Å². The van der Waals surface area contributed by atoms with Crippen molar-refractivity contribution >= 4 is 18.5 Å². The second-order valence-electron chi connectivity index (χ2n) is 5.49. The lowest BCUT2D eigenvalue weighted by atomic mass is 10.2. The smallest absolute Gasteiger partial charge is 0.220 e. The number of hydrogen-bond acceptors (Lipinski definition) is 4. The maximum absolute atomic E-state index is 11.8. The SMILES string of the molecule is O=C(CCc1nnc(C2CC2)n1-c1ccccc1)NCCS. The number of nitrogens with zero attached hydrogens (tertiary/aromatic N) is 3. The summed E-state index contributed by atoms with van der Waals surface area (Å²) in [5, 5.41) is 11.5. The molecule has 0 bridgehead atoms. The molecule has 1 aliphatic rings. The molecule has 116 valence electrons. The number of nitrogens with one attached hydrogen (secondary N) is 1. The van der Waals surface area contributed by atoms with E-state index in [1.54, 1.807) is 0 Å². The van der Waals surface area contributed by atoms with Crippen LogP contribution in [0.5, 0.6) is 0 Å². The molecule has 0 saturated heterocycles. The number of hydrogen-bond donors (Lipinski definition) is 2. The minimum Gasteiger partial charge on any atom is -0.355 e. The van der Waals surface area contributed by atoms with E-state index in [2.05, 4.69) is 44.8 Å². The van der Waals surface area contributed by atoms with E-state index in [4.69, 9.17) is 0 Å². The van der Waals surface area contributed by atoms with Crippen molar-refractivity contribution in [2.75, 3.05) is 12.3 Å². The molecule has 1 saturated carbocycles. The molecule has 1 N–H and O–H groups in total. The lowest BCUT2D eigenvalue weighted by Crippen LogP contribution is -2.25. The molecule has 1 amide bonds. The monoisotopic (exact) mass is 316 g/mol. The van der Waals surface area contributed by atoms with Gasteiger partial charge < -0.3 is 5.32 Å². The summed E-state index contributed by atoms with van der Waals surface area (Å²) in [5.74, 6) is 3.08. The van der Waals surface area contributed by atoms with E-state index in [-0.39, 0.29) is 5.91 Å². The van der Waals surface area contributed by atoms with Crippen LogP contribution >= 0.6 is 12.6 Å². The number of amides is 1. The predicted molar refractivity (Wildman–Crippen MR) is 88.5 cm³/mol. The van der Waals surface area contributed by atoms with E-state index >= 15 is 0 Å². The van der Waals surface area contributed by atoms with Crippen LogP contribution in [0, 0.1) is 0 Å². The summed E-state index contributed by atoms with van der Waals surface area (Å²) in [6.07, 6.45) is 3.36. The van der Waals surface area contributed by atoms with Gasteiger partial charge in [0.25, 0.3) is 0 Å². The summed E-state index contributed by atoms with van der Waals surface area (Å²) in [6, 6.07) is 10.1. The molecule has 1 aliphatic carbocycles. The second-order valence-corrected chi connectivity index (χ2v) is 5.94. The van der Waals surface area contributed by atoms with E-state index in [1.807, 2.05) is 18.2 Å².